The Bertz CT molecular complexity index is 931. The maximum Gasteiger partial charge on any atom is 0.339 e. The van der Waals surface area contributed by atoms with Crippen LogP contribution in [0.3, 0.4) is 0 Å². The van der Waals surface area contributed by atoms with E-state index in [9.17, 15) is 18.3 Å². The third-order valence-corrected chi connectivity index (χ3v) is 5.62. The van der Waals surface area contributed by atoms with Gasteiger partial charge in [-0.3, -0.25) is 4.72 Å². The minimum atomic E-state index is -3.83. The first-order chi connectivity index (χ1) is 12.3. The molecule has 0 amide bonds. The minimum Gasteiger partial charge on any atom is -0.478 e. The molecule has 1 aliphatic rings. The van der Waals surface area contributed by atoms with Crippen LogP contribution in [0, 0.1) is 13.8 Å². The predicted molar refractivity (Wildman–Crippen MR) is 99.4 cm³/mol. The fraction of sp³-hybridized carbons (Fsp3) is 0.333. The average Bonchev–Trinajstić information content (AvgIpc) is 3.07. The van der Waals surface area contributed by atoms with Crippen LogP contribution >= 0.6 is 0 Å². The van der Waals surface area contributed by atoms with E-state index in [0.717, 1.165) is 37.1 Å². The zero-order chi connectivity index (χ0) is 18.9. The van der Waals surface area contributed by atoms with E-state index < -0.39 is 16.0 Å². The van der Waals surface area contributed by atoms with Gasteiger partial charge in [0.05, 0.1) is 16.8 Å². The van der Waals surface area contributed by atoms with Crippen LogP contribution in [0.1, 0.15) is 34.3 Å². The fourth-order valence-electron chi connectivity index (χ4n) is 3.15. The number of pyridine rings is 1. The zero-order valence-corrected chi connectivity index (χ0v) is 15.5. The van der Waals surface area contributed by atoms with Crippen molar-refractivity contribution >= 4 is 27.5 Å². The van der Waals surface area contributed by atoms with E-state index >= 15 is 0 Å². The van der Waals surface area contributed by atoms with Crippen LogP contribution in [0.4, 0.5) is 11.5 Å². The lowest BCUT2D eigenvalue weighted by atomic mass is 10.2. The number of aryl methyl sites for hydroxylation is 2. The number of aromatic carboxylic acids is 1. The van der Waals surface area contributed by atoms with Crippen molar-refractivity contribution in [1.82, 2.24) is 4.98 Å². The van der Waals surface area contributed by atoms with Gasteiger partial charge in [-0.25, -0.2) is 18.2 Å². The molecule has 26 heavy (non-hydrogen) atoms. The summed E-state index contributed by atoms with van der Waals surface area (Å²) in [6, 6.07) is 6.34. The Morgan fingerprint density at radius 3 is 2.31 bits per heavy atom. The van der Waals surface area contributed by atoms with Gasteiger partial charge in [0.1, 0.15) is 11.4 Å². The summed E-state index contributed by atoms with van der Waals surface area (Å²) in [6.45, 7) is 5.14. The average molecular weight is 375 g/mol. The lowest BCUT2D eigenvalue weighted by Gasteiger charge is -2.19. The summed E-state index contributed by atoms with van der Waals surface area (Å²) in [5.41, 5.74) is 1.79. The molecule has 2 heterocycles. The van der Waals surface area contributed by atoms with Crippen LogP contribution in [0.2, 0.25) is 0 Å². The quantitative estimate of drug-likeness (QED) is 0.834. The van der Waals surface area contributed by atoms with Gasteiger partial charge in [-0.05, 0) is 56.0 Å². The van der Waals surface area contributed by atoms with Crippen molar-refractivity contribution in [3.63, 3.8) is 0 Å². The molecule has 0 bridgehead atoms. The van der Waals surface area contributed by atoms with Gasteiger partial charge in [0.25, 0.3) is 10.0 Å². The first kappa shape index (κ1) is 18.2. The summed E-state index contributed by atoms with van der Waals surface area (Å²) in [5, 5.41) is 9.49. The molecule has 2 aromatic rings. The fourth-order valence-corrected chi connectivity index (χ4v) is 4.38. The highest BCUT2D eigenvalue weighted by Gasteiger charge is 2.23. The first-order valence-electron chi connectivity index (χ1n) is 8.36. The Kier molecular flexibility index (Phi) is 4.86. The van der Waals surface area contributed by atoms with Crippen LogP contribution in [0.5, 0.6) is 0 Å². The summed E-state index contributed by atoms with van der Waals surface area (Å²) in [7, 11) is -3.83. The molecule has 0 aliphatic carbocycles. The molecule has 138 valence electrons. The highest BCUT2D eigenvalue weighted by Crippen LogP contribution is 2.26. The Labute approximate surface area is 152 Å². The second-order valence-corrected chi connectivity index (χ2v) is 8.21. The number of hydrogen-bond donors (Lipinski definition) is 2. The lowest BCUT2D eigenvalue weighted by Crippen LogP contribution is -2.22. The van der Waals surface area contributed by atoms with Crippen molar-refractivity contribution in [3.05, 3.63) is 47.2 Å². The van der Waals surface area contributed by atoms with Crippen LogP contribution in [-0.4, -0.2) is 37.6 Å². The van der Waals surface area contributed by atoms with E-state index in [1.54, 1.807) is 12.1 Å². The molecule has 3 rings (SSSR count). The van der Waals surface area contributed by atoms with Crippen LogP contribution in [0.25, 0.3) is 0 Å². The van der Waals surface area contributed by atoms with Gasteiger partial charge in [-0.1, -0.05) is 6.07 Å². The molecule has 1 aromatic heterocycles. The molecule has 0 unspecified atom stereocenters. The van der Waals surface area contributed by atoms with Crippen molar-refractivity contribution in [2.24, 2.45) is 0 Å². The van der Waals surface area contributed by atoms with Crippen molar-refractivity contribution in [2.45, 2.75) is 31.6 Å². The standard InChI is InChI=1S/C18H21N3O4S/c1-12-7-13(2)9-15(8-12)26(24,25)20-14-10-16(18(22)23)17(19-11-14)21-5-3-4-6-21/h7-11,20H,3-6H2,1-2H3,(H,22,23). The Balaban J connectivity index is 1.94. The zero-order valence-electron chi connectivity index (χ0n) is 14.7. The van der Waals surface area contributed by atoms with Crippen molar-refractivity contribution in [1.29, 1.82) is 0 Å². The minimum absolute atomic E-state index is 0.00692. The molecule has 1 fully saturated rings. The second-order valence-electron chi connectivity index (χ2n) is 6.52. The van der Waals surface area contributed by atoms with Crippen LogP contribution < -0.4 is 9.62 Å². The van der Waals surface area contributed by atoms with E-state index in [0.29, 0.717) is 5.82 Å². The maximum atomic E-state index is 12.6. The van der Waals surface area contributed by atoms with Crippen LogP contribution in [0.15, 0.2) is 35.4 Å². The van der Waals surface area contributed by atoms with E-state index in [4.69, 9.17) is 0 Å². The van der Waals surface area contributed by atoms with Gasteiger partial charge in [-0.2, -0.15) is 0 Å². The Morgan fingerprint density at radius 1 is 1.12 bits per heavy atom. The highest BCUT2D eigenvalue weighted by molar-refractivity contribution is 7.92. The Hall–Kier alpha value is -2.61. The molecular formula is C18H21N3O4S. The largest absolute Gasteiger partial charge is 0.478 e. The normalized spacial score (nSPS) is 14.5. The number of rotatable bonds is 5. The summed E-state index contributed by atoms with van der Waals surface area (Å²) < 4.78 is 27.7. The first-order valence-corrected chi connectivity index (χ1v) is 9.84. The van der Waals surface area contributed by atoms with Gasteiger partial charge in [-0.15, -0.1) is 0 Å². The molecule has 1 aliphatic heterocycles. The second kappa shape index (κ2) is 6.95. The number of hydrogen-bond acceptors (Lipinski definition) is 5. The highest BCUT2D eigenvalue weighted by atomic mass is 32.2. The van der Waals surface area contributed by atoms with Crippen molar-refractivity contribution in [3.8, 4) is 0 Å². The SMILES string of the molecule is Cc1cc(C)cc(S(=O)(=O)Nc2cnc(N3CCCC3)c(C(=O)O)c2)c1. The van der Waals surface area contributed by atoms with Gasteiger partial charge in [0.2, 0.25) is 0 Å². The number of nitrogens with one attached hydrogen (secondary N) is 1. The molecule has 0 spiro atoms. The van der Waals surface area contributed by atoms with Crippen molar-refractivity contribution in [2.75, 3.05) is 22.7 Å². The van der Waals surface area contributed by atoms with Crippen LogP contribution in [-0.2, 0) is 10.0 Å². The molecule has 1 saturated heterocycles. The molecule has 1 aromatic carbocycles. The third-order valence-electron chi connectivity index (χ3n) is 4.26. The number of carboxylic acids is 1. The smallest absolute Gasteiger partial charge is 0.339 e. The van der Waals surface area contributed by atoms with Gasteiger partial charge in [0, 0.05) is 13.1 Å². The molecule has 0 radical (unpaired) electrons. The number of sulfonamides is 1. The number of carboxylic acid groups (broad SMARTS) is 1. The van der Waals surface area contributed by atoms with Gasteiger partial charge in [0.15, 0.2) is 0 Å². The molecule has 0 atom stereocenters. The number of aromatic nitrogens is 1. The monoisotopic (exact) mass is 375 g/mol. The Morgan fingerprint density at radius 2 is 1.73 bits per heavy atom. The van der Waals surface area contributed by atoms with Gasteiger partial charge >= 0.3 is 5.97 Å². The number of nitrogens with zero attached hydrogens (tertiary/aromatic N) is 2. The van der Waals surface area contributed by atoms with Crippen molar-refractivity contribution < 1.29 is 18.3 Å². The summed E-state index contributed by atoms with van der Waals surface area (Å²) in [6.07, 6.45) is 3.34. The summed E-state index contributed by atoms with van der Waals surface area (Å²) >= 11 is 0. The molecule has 0 saturated carbocycles. The topological polar surface area (TPSA) is 99.6 Å². The van der Waals surface area contributed by atoms with Gasteiger partial charge < -0.3 is 10.0 Å². The number of anilines is 2. The van der Waals surface area contributed by atoms with E-state index in [2.05, 4.69) is 9.71 Å². The molecule has 7 nitrogen and oxygen atoms in total. The number of benzene rings is 1. The lowest BCUT2D eigenvalue weighted by molar-refractivity contribution is 0.0697. The third kappa shape index (κ3) is 3.80. The summed E-state index contributed by atoms with van der Waals surface area (Å²) in [4.78, 5) is 17.9. The predicted octanol–water partition coefficient (Wildman–Crippen LogP) is 2.80. The molecule has 8 heteroatoms. The summed E-state index contributed by atoms with van der Waals surface area (Å²) in [5.74, 6) is -0.754. The number of carbonyl (C=O) groups is 1. The molecular weight excluding hydrogens is 354 g/mol. The molecule has 2 N–H and O–H groups in total. The van der Waals surface area contributed by atoms with E-state index in [1.807, 2.05) is 24.8 Å². The maximum absolute atomic E-state index is 12.6. The van der Waals surface area contributed by atoms with E-state index in [1.165, 1.54) is 12.3 Å². The van der Waals surface area contributed by atoms with E-state index in [-0.39, 0.29) is 16.1 Å².